The molecule has 7 heteroatoms. The second-order valence-electron chi connectivity index (χ2n) is 5.56. The van der Waals surface area contributed by atoms with Gasteiger partial charge in [0.15, 0.2) is 0 Å². The molecule has 0 unspecified atom stereocenters. The topological polar surface area (TPSA) is 63.2 Å². The molecule has 1 saturated carbocycles. The van der Waals surface area contributed by atoms with Crippen LogP contribution in [0.25, 0.3) is 0 Å². The highest BCUT2D eigenvalue weighted by atomic mass is 35.7. The van der Waals surface area contributed by atoms with Crippen molar-refractivity contribution in [3.8, 4) is 0 Å². The fourth-order valence-corrected chi connectivity index (χ4v) is 2.89. The van der Waals surface area contributed by atoms with Crippen molar-refractivity contribution in [1.82, 2.24) is 5.32 Å². The lowest BCUT2D eigenvalue weighted by atomic mass is 9.98. The number of benzene rings is 1. The number of hydrogen-bond donors (Lipinski definition) is 1. The lowest BCUT2D eigenvalue weighted by Crippen LogP contribution is -2.45. The number of carbonyl (C=O) groups excluding carboxylic acids is 1. The Hall–Kier alpha value is -1.14. The van der Waals surface area contributed by atoms with Crippen LogP contribution in [0.5, 0.6) is 0 Å². The quantitative estimate of drug-likeness (QED) is 0.868. The first kappa shape index (κ1) is 15.3. The molecule has 0 radical (unpaired) electrons. The molecule has 0 atom stereocenters. The van der Waals surface area contributed by atoms with E-state index in [-0.39, 0.29) is 5.56 Å². The Morgan fingerprint density at radius 3 is 2.45 bits per heavy atom. The predicted molar refractivity (Wildman–Crippen MR) is 73.7 cm³/mol. The van der Waals surface area contributed by atoms with Gasteiger partial charge in [0.25, 0.3) is 15.0 Å². The van der Waals surface area contributed by atoms with E-state index in [0.717, 1.165) is 31.0 Å². The zero-order chi connectivity index (χ0) is 15.1. The molecule has 1 aromatic carbocycles. The molecule has 0 spiro atoms. The van der Waals surface area contributed by atoms with E-state index in [2.05, 4.69) is 5.32 Å². The summed E-state index contributed by atoms with van der Waals surface area (Å²) in [7, 11) is 1.10. The molecule has 0 aliphatic heterocycles. The Morgan fingerprint density at radius 1 is 1.35 bits per heavy atom. The number of amides is 1. The van der Waals surface area contributed by atoms with Crippen LogP contribution in [0, 0.1) is 11.7 Å². The minimum Gasteiger partial charge on any atom is -0.347 e. The van der Waals surface area contributed by atoms with Gasteiger partial charge < -0.3 is 5.32 Å². The number of rotatable bonds is 4. The van der Waals surface area contributed by atoms with Crippen LogP contribution in [-0.4, -0.2) is 19.9 Å². The molecule has 0 aromatic heterocycles. The predicted octanol–water partition coefficient (Wildman–Crippen LogP) is 2.67. The zero-order valence-corrected chi connectivity index (χ0v) is 12.7. The molecule has 4 nitrogen and oxygen atoms in total. The third-order valence-corrected chi connectivity index (χ3v) is 4.78. The molecule has 1 amide bonds. The van der Waals surface area contributed by atoms with E-state index in [0.29, 0.717) is 5.92 Å². The van der Waals surface area contributed by atoms with Crippen molar-refractivity contribution in [3.05, 3.63) is 29.6 Å². The van der Waals surface area contributed by atoms with E-state index in [1.807, 2.05) is 13.8 Å². The van der Waals surface area contributed by atoms with E-state index in [1.165, 1.54) is 0 Å². The molecule has 2 rings (SSSR count). The molecule has 1 fully saturated rings. The summed E-state index contributed by atoms with van der Waals surface area (Å²) in [5.41, 5.74) is -0.457. The Kier molecular flexibility index (Phi) is 3.81. The first-order chi connectivity index (χ1) is 9.09. The highest BCUT2D eigenvalue weighted by Crippen LogP contribution is 2.39. The summed E-state index contributed by atoms with van der Waals surface area (Å²) < 4.78 is 35.9. The second-order valence-corrected chi connectivity index (χ2v) is 8.13. The van der Waals surface area contributed by atoms with Crippen LogP contribution in [0.1, 0.15) is 37.0 Å². The standard InChI is InChI=1S/C13H15ClFNO3S/c1-13(2,9-3-4-9)16-12(17)8-5-10(15)7-11(6-8)20(14,18)19/h5-7,9H,3-4H2,1-2H3,(H,16,17). The summed E-state index contributed by atoms with van der Waals surface area (Å²) in [6, 6.07) is 2.85. The maximum absolute atomic E-state index is 13.4. The summed E-state index contributed by atoms with van der Waals surface area (Å²) >= 11 is 0. The van der Waals surface area contributed by atoms with Crippen molar-refractivity contribution >= 4 is 25.6 Å². The lowest BCUT2D eigenvalue weighted by molar-refractivity contribution is 0.0902. The van der Waals surface area contributed by atoms with Crippen molar-refractivity contribution in [3.63, 3.8) is 0 Å². The summed E-state index contributed by atoms with van der Waals surface area (Å²) in [6.45, 7) is 3.78. The van der Waals surface area contributed by atoms with Crippen LogP contribution in [-0.2, 0) is 9.05 Å². The smallest absolute Gasteiger partial charge is 0.261 e. The van der Waals surface area contributed by atoms with Gasteiger partial charge in [-0.15, -0.1) is 0 Å². The van der Waals surface area contributed by atoms with Crippen molar-refractivity contribution in [1.29, 1.82) is 0 Å². The molecule has 1 aliphatic rings. The summed E-state index contributed by atoms with van der Waals surface area (Å²) in [6.07, 6.45) is 2.08. The molecule has 1 aromatic rings. The molecule has 0 heterocycles. The average molecular weight is 320 g/mol. The Labute approximate surface area is 121 Å². The first-order valence-corrected chi connectivity index (χ1v) is 8.48. The van der Waals surface area contributed by atoms with Gasteiger partial charge in [0.1, 0.15) is 5.82 Å². The van der Waals surface area contributed by atoms with E-state index in [4.69, 9.17) is 10.7 Å². The Bertz CT molecular complexity index is 654. The zero-order valence-electron chi connectivity index (χ0n) is 11.1. The van der Waals surface area contributed by atoms with Gasteiger partial charge in [-0.25, -0.2) is 12.8 Å². The van der Waals surface area contributed by atoms with Gasteiger partial charge in [-0.3, -0.25) is 4.79 Å². The monoisotopic (exact) mass is 319 g/mol. The van der Waals surface area contributed by atoms with Gasteiger partial charge in [-0.2, -0.15) is 0 Å². The maximum atomic E-state index is 13.4. The van der Waals surface area contributed by atoms with Crippen molar-refractivity contribution in [2.45, 2.75) is 37.1 Å². The van der Waals surface area contributed by atoms with Crippen LogP contribution < -0.4 is 5.32 Å². The molecular weight excluding hydrogens is 305 g/mol. The van der Waals surface area contributed by atoms with Gasteiger partial charge in [0, 0.05) is 21.8 Å². The Morgan fingerprint density at radius 2 is 1.95 bits per heavy atom. The van der Waals surface area contributed by atoms with Crippen molar-refractivity contribution < 1.29 is 17.6 Å². The number of hydrogen-bond acceptors (Lipinski definition) is 3. The van der Waals surface area contributed by atoms with Crippen molar-refractivity contribution in [2.24, 2.45) is 5.92 Å². The normalized spacial score (nSPS) is 16.0. The van der Waals surface area contributed by atoms with Crippen LogP contribution in [0.4, 0.5) is 4.39 Å². The first-order valence-electron chi connectivity index (χ1n) is 6.17. The summed E-state index contributed by atoms with van der Waals surface area (Å²) in [4.78, 5) is 11.7. The fourth-order valence-electron chi connectivity index (χ4n) is 2.11. The number of carbonyl (C=O) groups is 1. The number of halogens is 2. The van der Waals surface area contributed by atoms with E-state index in [9.17, 15) is 17.6 Å². The van der Waals surface area contributed by atoms with Gasteiger partial charge in [0.05, 0.1) is 4.90 Å². The number of nitrogens with one attached hydrogen (secondary N) is 1. The fraction of sp³-hybridized carbons (Fsp3) is 0.462. The average Bonchev–Trinajstić information content (AvgIpc) is 3.10. The van der Waals surface area contributed by atoms with Crippen LogP contribution in [0.15, 0.2) is 23.1 Å². The van der Waals surface area contributed by atoms with E-state index >= 15 is 0 Å². The summed E-state index contributed by atoms with van der Waals surface area (Å²) in [5, 5.41) is 2.80. The third kappa shape index (κ3) is 3.49. The Balaban J connectivity index is 2.28. The molecule has 110 valence electrons. The maximum Gasteiger partial charge on any atom is 0.261 e. The van der Waals surface area contributed by atoms with Crippen LogP contribution >= 0.6 is 10.7 Å². The highest BCUT2D eigenvalue weighted by molar-refractivity contribution is 8.13. The molecule has 0 saturated heterocycles. The van der Waals surface area contributed by atoms with Crippen molar-refractivity contribution in [2.75, 3.05) is 0 Å². The molecule has 1 N–H and O–H groups in total. The molecular formula is C13H15ClFNO3S. The molecule has 1 aliphatic carbocycles. The van der Waals surface area contributed by atoms with Gasteiger partial charge in [-0.05, 0) is 50.8 Å². The lowest BCUT2D eigenvalue weighted by Gasteiger charge is -2.26. The minimum absolute atomic E-state index is 0.0575. The van der Waals surface area contributed by atoms with E-state index in [1.54, 1.807) is 0 Å². The molecule has 20 heavy (non-hydrogen) atoms. The minimum atomic E-state index is -4.08. The van der Waals surface area contributed by atoms with Crippen LogP contribution in [0.2, 0.25) is 0 Å². The highest BCUT2D eigenvalue weighted by Gasteiger charge is 2.38. The summed E-state index contributed by atoms with van der Waals surface area (Å²) in [5.74, 6) is -0.930. The van der Waals surface area contributed by atoms with Gasteiger partial charge in [-0.1, -0.05) is 0 Å². The van der Waals surface area contributed by atoms with E-state index < -0.39 is 31.2 Å². The van der Waals surface area contributed by atoms with Gasteiger partial charge in [0.2, 0.25) is 0 Å². The molecule has 0 bridgehead atoms. The second kappa shape index (κ2) is 5.00. The van der Waals surface area contributed by atoms with Gasteiger partial charge >= 0.3 is 0 Å². The largest absolute Gasteiger partial charge is 0.347 e. The third-order valence-electron chi connectivity index (χ3n) is 3.45. The SMILES string of the molecule is CC(C)(NC(=O)c1cc(F)cc(S(=O)(=O)Cl)c1)C1CC1. The van der Waals surface area contributed by atoms with Crippen LogP contribution in [0.3, 0.4) is 0 Å².